The third-order valence-corrected chi connectivity index (χ3v) is 5.99. The molecule has 2 amide bonds. The van der Waals surface area contributed by atoms with E-state index >= 15 is 0 Å². The second kappa shape index (κ2) is 10.1. The van der Waals surface area contributed by atoms with Crippen molar-refractivity contribution in [2.75, 3.05) is 13.1 Å². The van der Waals surface area contributed by atoms with Crippen LogP contribution in [-0.2, 0) is 0 Å². The molecule has 1 aliphatic rings. The summed E-state index contributed by atoms with van der Waals surface area (Å²) in [6.45, 7) is 0.920. The third kappa shape index (κ3) is 4.93. The van der Waals surface area contributed by atoms with Gasteiger partial charge in [0.25, 0.3) is 11.8 Å². The molecule has 0 aromatic heterocycles. The number of hydrogen-bond acceptors (Lipinski definition) is 3. The number of nitriles is 1. The molecular weight excluding hydrogens is 417 g/mol. The van der Waals surface area contributed by atoms with Gasteiger partial charge in [0, 0.05) is 35.8 Å². The number of amides is 2. The van der Waals surface area contributed by atoms with Crippen molar-refractivity contribution in [1.82, 2.24) is 10.2 Å². The Labute approximate surface area is 192 Å². The van der Waals surface area contributed by atoms with E-state index < -0.39 is 5.82 Å². The van der Waals surface area contributed by atoms with Crippen LogP contribution in [0.1, 0.15) is 45.5 Å². The second-order valence-corrected chi connectivity index (χ2v) is 8.07. The van der Waals surface area contributed by atoms with Crippen molar-refractivity contribution in [1.29, 1.82) is 5.26 Å². The summed E-state index contributed by atoms with van der Waals surface area (Å²) in [4.78, 5) is 28.0. The van der Waals surface area contributed by atoms with Crippen LogP contribution in [-0.4, -0.2) is 35.8 Å². The van der Waals surface area contributed by atoms with E-state index in [1.165, 1.54) is 24.3 Å². The van der Waals surface area contributed by atoms with Gasteiger partial charge in [-0.1, -0.05) is 36.4 Å². The molecule has 1 N–H and O–H groups in total. The maximum atomic E-state index is 13.6. The monoisotopic (exact) mass is 441 g/mol. The highest BCUT2D eigenvalue weighted by atomic mass is 19.1. The van der Waals surface area contributed by atoms with Crippen LogP contribution in [0.25, 0.3) is 11.1 Å². The molecule has 3 aromatic rings. The largest absolute Gasteiger partial charge is 0.350 e. The van der Waals surface area contributed by atoms with Crippen molar-refractivity contribution in [2.45, 2.75) is 25.3 Å². The maximum Gasteiger partial charge on any atom is 0.254 e. The Hall–Kier alpha value is -3.98. The molecule has 33 heavy (non-hydrogen) atoms. The number of nitrogens with one attached hydrogen (secondary N) is 1. The highest BCUT2D eigenvalue weighted by Gasteiger charge is 2.29. The van der Waals surface area contributed by atoms with E-state index in [0.29, 0.717) is 29.8 Å². The quantitative estimate of drug-likeness (QED) is 0.619. The second-order valence-electron chi connectivity index (χ2n) is 8.07. The van der Waals surface area contributed by atoms with Crippen LogP contribution in [0.5, 0.6) is 0 Å². The van der Waals surface area contributed by atoms with Crippen LogP contribution in [0.15, 0.2) is 72.8 Å². The topological polar surface area (TPSA) is 73.2 Å². The SMILES string of the molecule is N#Cc1ccccc1-c1ccccc1C(=O)N1CCCCC1CNC(=O)c1ccc(F)cc1. The van der Waals surface area contributed by atoms with E-state index in [4.69, 9.17) is 0 Å². The average molecular weight is 442 g/mol. The summed E-state index contributed by atoms with van der Waals surface area (Å²) in [5, 5.41) is 12.4. The van der Waals surface area contributed by atoms with E-state index in [1.54, 1.807) is 18.2 Å². The first-order chi connectivity index (χ1) is 16.1. The Morgan fingerprint density at radius 3 is 2.42 bits per heavy atom. The Morgan fingerprint density at radius 2 is 1.67 bits per heavy atom. The smallest absolute Gasteiger partial charge is 0.254 e. The number of carbonyl (C=O) groups excluding carboxylic acids is 2. The summed E-state index contributed by atoms with van der Waals surface area (Å²) in [5.74, 6) is -0.803. The van der Waals surface area contributed by atoms with E-state index in [0.717, 1.165) is 30.4 Å². The molecule has 1 fully saturated rings. The summed E-state index contributed by atoms with van der Waals surface area (Å²) in [6.07, 6.45) is 2.65. The van der Waals surface area contributed by atoms with Crippen LogP contribution in [0.3, 0.4) is 0 Å². The van der Waals surface area contributed by atoms with Crippen molar-refractivity contribution >= 4 is 11.8 Å². The molecule has 4 rings (SSSR count). The fourth-order valence-electron chi connectivity index (χ4n) is 4.27. The van der Waals surface area contributed by atoms with Gasteiger partial charge in [-0.3, -0.25) is 9.59 Å². The minimum absolute atomic E-state index is 0.112. The number of nitrogens with zero attached hydrogens (tertiary/aromatic N) is 2. The zero-order valence-electron chi connectivity index (χ0n) is 18.1. The molecule has 5 nitrogen and oxygen atoms in total. The molecule has 6 heteroatoms. The summed E-state index contributed by atoms with van der Waals surface area (Å²) < 4.78 is 13.1. The van der Waals surface area contributed by atoms with Crippen molar-refractivity contribution in [3.05, 3.63) is 95.3 Å². The lowest BCUT2D eigenvalue weighted by molar-refractivity contribution is 0.0603. The number of halogens is 1. The number of rotatable bonds is 5. The molecule has 1 saturated heterocycles. The molecule has 0 bridgehead atoms. The fraction of sp³-hybridized carbons (Fsp3) is 0.222. The van der Waals surface area contributed by atoms with Gasteiger partial charge in [0.1, 0.15) is 5.82 Å². The van der Waals surface area contributed by atoms with Gasteiger partial charge in [-0.25, -0.2) is 4.39 Å². The number of piperidine rings is 1. The molecule has 0 aliphatic carbocycles. The third-order valence-electron chi connectivity index (χ3n) is 5.99. The molecule has 3 aromatic carbocycles. The summed E-state index contributed by atoms with van der Waals surface area (Å²) in [5.41, 5.74) is 2.88. The van der Waals surface area contributed by atoms with Gasteiger partial charge in [0.2, 0.25) is 0 Å². The van der Waals surface area contributed by atoms with E-state index in [9.17, 15) is 19.2 Å². The van der Waals surface area contributed by atoms with Gasteiger partial charge in [-0.05, 0) is 61.2 Å². The molecule has 1 unspecified atom stereocenters. The van der Waals surface area contributed by atoms with Crippen LogP contribution >= 0.6 is 0 Å². The van der Waals surface area contributed by atoms with Gasteiger partial charge in [-0.15, -0.1) is 0 Å². The Balaban J connectivity index is 1.55. The number of benzene rings is 3. The van der Waals surface area contributed by atoms with Gasteiger partial charge < -0.3 is 10.2 Å². The number of hydrogen-bond donors (Lipinski definition) is 1. The molecular formula is C27H24FN3O2. The molecule has 1 aliphatic heterocycles. The lowest BCUT2D eigenvalue weighted by Gasteiger charge is -2.36. The van der Waals surface area contributed by atoms with Crippen molar-refractivity contribution in [3.63, 3.8) is 0 Å². The number of likely N-dealkylation sites (tertiary alicyclic amines) is 1. The normalized spacial score (nSPS) is 15.5. The highest BCUT2D eigenvalue weighted by molar-refractivity contribution is 6.01. The Bertz CT molecular complexity index is 1200. The van der Waals surface area contributed by atoms with Gasteiger partial charge in [0.05, 0.1) is 11.6 Å². The molecule has 0 spiro atoms. The predicted octanol–water partition coefficient (Wildman–Crippen LogP) is 4.79. The van der Waals surface area contributed by atoms with Crippen LogP contribution in [0.2, 0.25) is 0 Å². The van der Waals surface area contributed by atoms with Gasteiger partial charge >= 0.3 is 0 Å². The van der Waals surface area contributed by atoms with E-state index in [-0.39, 0.29) is 17.9 Å². The zero-order chi connectivity index (χ0) is 23.2. The zero-order valence-corrected chi connectivity index (χ0v) is 18.1. The molecule has 1 heterocycles. The van der Waals surface area contributed by atoms with Crippen molar-refractivity contribution in [3.8, 4) is 17.2 Å². The lowest BCUT2D eigenvalue weighted by atomic mass is 9.93. The Kier molecular flexibility index (Phi) is 6.80. The first-order valence-corrected chi connectivity index (χ1v) is 11.0. The maximum absolute atomic E-state index is 13.6. The van der Waals surface area contributed by atoms with Gasteiger partial charge in [-0.2, -0.15) is 5.26 Å². The highest BCUT2D eigenvalue weighted by Crippen LogP contribution is 2.29. The first kappa shape index (κ1) is 22.2. The minimum Gasteiger partial charge on any atom is -0.350 e. The van der Waals surface area contributed by atoms with Crippen molar-refractivity contribution in [2.24, 2.45) is 0 Å². The predicted molar refractivity (Wildman–Crippen MR) is 124 cm³/mol. The summed E-state index contributed by atoms with van der Waals surface area (Å²) in [7, 11) is 0. The fourth-order valence-corrected chi connectivity index (χ4v) is 4.27. The first-order valence-electron chi connectivity index (χ1n) is 11.0. The standard InChI is InChI=1S/C27H24FN3O2/c28-21-14-12-19(13-15-21)26(32)30-18-22-8-5-6-16-31(22)27(33)25-11-4-3-10-24(25)23-9-2-1-7-20(23)17-29/h1-4,7,9-15,22H,5-6,8,16,18H2,(H,30,32). The molecule has 0 saturated carbocycles. The summed E-state index contributed by atoms with van der Waals surface area (Å²) >= 11 is 0. The van der Waals surface area contributed by atoms with Crippen LogP contribution < -0.4 is 5.32 Å². The minimum atomic E-state index is -0.396. The van der Waals surface area contributed by atoms with Crippen LogP contribution in [0.4, 0.5) is 4.39 Å². The Morgan fingerprint density at radius 1 is 0.970 bits per heavy atom. The van der Waals surface area contributed by atoms with Gasteiger partial charge in [0.15, 0.2) is 0 Å². The van der Waals surface area contributed by atoms with Crippen LogP contribution in [0, 0.1) is 17.1 Å². The average Bonchev–Trinajstić information content (AvgIpc) is 2.87. The number of carbonyl (C=O) groups is 2. The lowest BCUT2D eigenvalue weighted by Crippen LogP contribution is -2.49. The van der Waals surface area contributed by atoms with E-state index in [1.807, 2.05) is 35.2 Å². The van der Waals surface area contributed by atoms with E-state index in [2.05, 4.69) is 11.4 Å². The summed E-state index contributed by atoms with van der Waals surface area (Å²) in [6, 6.07) is 22.0. The molecule has 1 atom stereocenters. The molecule has 0 radical (unpaired) electrons. The molecule has 166 valence electrons. The van der Waals surface area contributed by atoms with Crippen molar-refractivity contribution < 1.29 is 14.0 Å².